The summed E-state index contributed by atoms with van der Waals surface area (Å²) in [7, 11) is 1.81. The van der Waals surface area contributed by atoms with Crippen molar-refractivity contribution in [1.29, 1.82) is 0 Å². The summed E-state index contributed by atoms with van der Waals surface area (Å²) in [6.07, 6.45) is 5.61. The molecule has 0 atom stereocenters. The minimum atomic E-state index is 0.770. The van der Waals surface area contributed by atoms with Gasteiger partial charge in [0.15, 0.2) is 11.1 Å². The zero-order valence-electron chi connectivity index (χ0n) is 16.4. The number of benzene rings is 1. The van der Waals surface area contributed by atoms with Crippen LogP contribution in [0.1, 0.15) is 29.7 Å². The number of nitrogens with one attached hydrogen (secondary N) is 2. The number of aryl methyl sites for hydroxylation is 1. The van der Waals surface area contributed by atoms with Crippen molar-refractivity contribution in [1.82, 2.24) is 15.6 Å². The summed E-state index contributed by atoms with van der Waals surface area (Å²) in [5, 5.41) is 10.2. The van der Waals surface area contributed by atoms with E-state index in [4.69, 9.17) is 4.98 Å². The lowest BCUT2D eigenvalue weighted by atomic mass is 10.1. The molecule has 0 amide bonds. The number of thioether (sulfide) groups is 1. The topological polar surface area (TPSA) is 52.6 Å². The molecular weight excluding hydrogens is 374 g/mol. The van der Waals surface area contributed by atoms with Gasteiger partial charge in [0, 0.05) is 49.9 Å². The predicted molar refractivity (Wildman–Crippen MR) is 118 cm³/mol. The Labute approximate surface area is 170 Å². The zero-order valence-corrected chi connectivity index (χ0v) is 18.1. The lowest BCUT2D eigenvalue weighted by Gasteiger charge is -2.14. The van der Waals surface area contributed by atoms with Crippen molar-refractivity contribution < 1.29 is 0 Å². The highest BCUT2D eigenvalue weighted by Crippen LogP contribution is 2.24. The van der Waals surface area contributed by atoms with Crippen molar-refractivity contribution in [3.05, 3.63) is 40.4 Å². The van der Waals surface area contributed by atoms with Crippen molar-refractivity contribution in [3.8, 4) is 0 Å². The molecule has 1 aromatic carbocycles. The summed E-state index contributed by atoms with van der Waals surface area (Å²) in [6, 6.07) is 6.59. The van der Waals surface area contributed by atoms with Crippen LogP contribution < -0.4 is 15.5 Å². The molecule has 3 rings (SSSR count). The van der Waals surface area contributed by atoms with Gasteiger partial charge >= 0.3 is 0 Å². The molecule has 146 valence electrons. The predicted octanol–water partition coefficient (Wildman–Crippen LogP) is 3.68. The van der Waals surface area contributed by atoms with Crippen LogP contribution in [0.15, 0.2) is 33.5 Å². The third kappa shape index (κ3) is 5.62. The minimum Gasteiger partial charge on any atom is -0.356 e. The first-order chi connectivity index (χ1) is 13.2. The summed E-state index contributed by atoms with van der Waals surface area (Å²) in [5.74, 6) is 0.831. The Morgan fingerprint density at radius 1 is 1.30 bits per heavy atom. The van der Waals surface area contributed by atoms with Crippen molar-refractivity contribution in [2.24, 2.45) is 4.99 Å². The standard InChI is InChI=1S/C20H29N5S2/c1-15-6-7-16(18(12-15)26-3)13-23-19(21-2)22-9-8-17-14-27-20(24-17)25-10-4-5-11-25/h6-7,12,14H,4-5,8-11,13H2,1-3H3,(H2,21,22,23). The quantitative estimate of drug-likeness (QED) is 0.420. The maximum Gasteiger partial charge on any atom is 0.191 e. The van der Waals surface area contributed by atoms with E-state index >= 15 is 0 Å². The van der Waals surface area contributed by atoms with Crippen molar-refractivity contribution in [2.45, 2.75) is 37.6 Å². The molecule has 27 heavy (non-hydrogen) atoms. The number of aliphatic imine (C=N–C) groups is 1. The second kappa shape index (κ2) is 9.99. The SMILES string of the molecule is CN=C(NCCc1csc(N2CCCC2)n1)NCc1ccc(C)cc1SC. The number of anilines is 1. The van der Waals surface area contributed by atoms with E-state index < -0.39 is 0 Å². The molecule has 0 radical (unpaired) electrons. The lowest BCUT2D eigenvalue weighted by Crippen LogP contribution is -2.38. The third-order valence-electron chi connectivity index (χ3n) is 4.70. The molecule has 7 heteroatoms. The molecular formula is C20H29N5S2. The van der Waals surface area contributed by atoms with E-state index in [-0.39, 0.29) is 0 Å². The molecule has 1 fully saturated rings. The molecule has 2 heterocycles. The molecule has 0 spiro atoms. The molecule has 2 aromatic rings. The average Bonchev–Trinajstić information content (AvgIpc) is 3.36. The van der Waals surface area contributed by atoms with Crippen molar-refractivity contribution >= 4 is 34.2 Å². The summed E-state index contributed by atoms with van der Waals surface area (Å²) in [4.78, 5) is 12.8. The van der Waals surface area contributed by atoms with E-state index in [1.54, 1.807) is 23.1 Å². The van der Waals surface area contributed by atoms with Gasteiger partial charge in [0.05, 0.1) is 5.69 Å². The largest absolute Gasteiger partial charge is 0.356 e. The van der Waals surface area contributed by atoms with E-state index in [1.807, 2.05) is 7.05 Å². The fraction of sp³-hybridized carbons (Fsp3) is 0.500. The number of hydrogen-bond donors (Lipinski definition) is 2. The van der Waals surface area contributed by atoms with Gasteiger partial charge in [-0.15, -0.1) is 23.1 Å². The van der Waals surface area contributed by atoms with Gasteiger partial charge in [-0.05, 0) is 43.2 Å². The van der Waals surface area contributed by atoms with Crippen LogP contribution in [-0.4, -0.2) is 43.9 Å². The van der Waals surface area contributed by atoms with E-state index in [0.29, 0.717) is 0 Å². The Morgan fingerprint density at radius 3 is 2.85 bits per heavy atom. The van der Waals surface area contributed by atoms with Crippen LogP contribution in [0.3, 0.4) is 0 Å². The Bertz CT molecular complexity index is 765. The number of guanidine groups is 1. The molecule has 1 aliphatic heterocycles. The molecule has 0 unspecified atom stereocenters. The van der Waals surface area contributed by atoms with E-state index in [0.717, 1.165) is 44.3 Å². The van der Waals surface area contributed by atoms with E-state index in [2.05, 4.69) is 57.3 Å². The monoisotopic (exact) mass is 403 g/mol. The van der Waals surface area contributed by atoms with Crippen LogP contribution in [0.2, 0.25) is 0 Å². The van der Waals surface area contributed by atoms with Gasteiger partial charge < -0.3 is 15.5 Å². The summed E-state index contributed by atoms with van der Waals surface area (Å²) >= 11 is 3.55. The second-order valence-corrected chi connectivity index (χ2v) is 8.42. The van der Waals surface area contributed by atoms with Gasteiger partial charge in [0.25, 0.3) is 0 Å². The summed E-state index contributed by atoms with van der Waals surface area (Å²) < 4.78 is 0. The average molecular weight is 404 g/mol. The maximum absolute atomic E-state index is 4.78. The summed E-state index contributed by atoms with van der Waals surface area (Å²) in [5.41, 5.74) is 3.75. The number of hydrogen-bond acceptors (Lipinski definition) is 5. The van der Waals surface area contributed by atoms with Crippen LogP contribution >= 0.6 is 23.1 Å². The van der Waals surface area contributed by atoms with E-state index in [1.165, 1.54) is 34.0 Å². The van der Waals surface area contributed by atoms with Crippen LogP contribution in [-0.2, 0) is 13.0 Å². The molecule has 1 saturated heterocycles. The van der Waals surface area contributed by atoms with Crippen LogP contribution in [0.5, 0.6) is 0 Å². The van der Waals surface area contributed by atoms with Gasteiger partial charge in [-0.25, -0.2) is 4.98 Å². The Hall–Kier alpha value is -1.73. The smallest absolute Gasteiger partial charge is 0.191 e. The normalized spacial score (nSPS) is 14.6. The highest BCUT2D eigenvalue weighted by atomic mass is 32.2. The van der Waals surface area contributed by atoms with Crippen molar-refractivity contribution in [2.75, 3.05) is 37.8 Å². The number of thiazole rings is 1. The minimum absolute atomic E-state index is 0.770. The van der Waals surface area contributed by atoms with Crippen LogP contribution in [0.4, 0.5) is 5.13 Å². The number of rotatable bonds is 7. The first-order valence-corrected chi connectivity index (χ1v) is 11.6. The molecule has 2 N–H and O–H groups in total. The Balaban J connectivity index is 1.45. The Morgan fingerprint density at radius 2 is 2.11 bits per heavy atom. The number of aromatic nitrogens is 1. The van der Waals surface area contributed by atoms with Gasteiger partial charge in [-0.3, -0.25) is 4.99 Å². The van der Waals surface area contributed by atoms with Gasteiger partial charge in [0.1, 0.15) is 0 Å². The summed E-state index contributed by atoms with van der Waals surface area (Å²) in [6.45, 7) is 6.03. The van der Waals surface area contributed by atoms with Crippen LogP contribution in [0, 0.1) is 6.92 Å². The molecule has 0 bridgehead atoms. The molecule has 1 aromatic heterocycles. The third-order valence-corrected chi connectivity index (χ3v) is 6.47. The maximum atomic E-state index is 4.78. The molecule has 1 aliphatic rings. The van der Waals surface area contributed by atoms with E-state index in [9.17, 15) is 0 Å². The second-order valence-electron chi connectivity index (χ2n) is 6.73. The first-order valence-electron chi connectivity index (χ1n) is 9.47. The molecule has 0 saturated carbocycles. The highest BCUT2D eigenvalue weighted by Gasteiger charge is 2.15. The zero-order chi connectivity index (χ0) is 19.1. The number of nitrogens with zero attached hydrogens (tertiary/aromatic N) is 3. The molecule has 5 nitrogen and oxygen atoms in total. The van der Waals surface area contributed by atoms with Gasteiger partial charge in [-0.1, -0.05) is 12.1 Å². The van der Waals surface area contributed by atoms with Gasteiger partial charge in [0.2, 0.25) is 0 Å². The van der Waals surface area contributed by atoms with Gasteiger partial charge in [-0.2, -0.15) is 0 Å². The fourth-order valence-corrected chi connectivity index (χ4v) is 4.79. The Kier molecular flexibility index (Phi) is 7.41. The fourth-order valence-electron chi connectivity index (χ4n) is 3.17. The molecule has 0 aliphatic carbocycles. The highest BCUT2D eigenvalue weighted by molar-refractivity contribution is 7.98. The first kappa shape index (κ1) is 20.0. The van der Waals surface area contributed by atoms with Crippen molar-refractivity contribution in [3.63, 3.8) is 0 Å². The lowest BCUT2D eigenvalue weighted by molar-refractivity contribution is 0.780. The van der Waals surface area contributed by atoms with Crippen LogP contribution in [0.25, 0.3) is 0 Å².